The van der Waals surface area contributed by atoms with Gasteiger partial charge in [0, 0.05) is 56.2 Å². The Kier molecular flexibility index (Phi) is 8.88. The van der Waals surface area contributed by atoms with Crippen LogP contribution in [0.25, 0.3) is 0 Å². The summed E-state index contributed by atoms with van der Waals surface area (Å²) in [6.07, 6.45) is 6.68. The first kappa shape index (κ1) is 27.6. The standard InChI is InChI=1S/C31H38N6O3/c1-2-26-29(33-19-24(31(39)40)18-25(38)17-21-7-4-3-5-8-21)34-20-35-30(26)37-15-12-22(13-16-37)27-11-10-23-9-6-14-32-28(23)36-27/h3-5,7-8,10-11,20,22,24H,2,6,9,12-19H2,1H3,(H,32,36)(H,39,40)(H,33,34,35)/t24-/m0/s1. The Labute approximate surface area is 235 Å². The molecule has 4 heterocycles. The maximum absolute atomic E-state index is 12.6. The number of aryl methyl sites for hydroxylation is 1. The molecule has 9 nitrogen and oxygen atoms in total. The van der Waals surface area contributed by atoms with Crippen LogP contribution in [-0.2, 0) is 28.9 Å². The van der Waals surface area contributed by atoms with Gasteiger partial charge in [-0.25, -0.2) is 15.0 Å². The smallest absolute Gasteiger partial charge is 0.308 e. The van der Waals surface area contributed by atoms with Crippen LogP contribution in [0.15, 0.2) is 48.8 Å². The lowest BCUT2D eigenvalue weighted by atomic mass is 9.92. The Morgan fingerprint density at radius 2 is 1.93 bits per heavy atom. The molecule has 2 aliphatic rings. The van der Waals surface area contributed by atoms with E-state index in [4.69, 9.17) is 4.98 Å². The highest BCUT2D eigenvalue weighted by Crippen LogP contribution is 2.33. The molecule has 9 heteroatoms. The van der Waals surface area contributed by atoms with Crippen molar-refractivity contribution in [3.05, 3.63) is 71.2 Å². The molecule has 0 aliphatic carbocycles. The topological polar surface area (TPSA) is 120 Å². The number of fused-ring (bicyclic) bond motifs is 1. The van der Waals surface area contributed by atoms with Crippen molar-refractivity contribution in [1.82, 2.24) is 15.0 Å². The number of nitrogens with one attached hydrogen (secondary N) is 2. The summed E-state index contributed by atoms with van der Waals surface area (Å²) in [4.78, 5) is 40.9. The summed E-state index contributed by atoms with van der Waals surface area (Å²) in [6, 6.07) is 13.8. The number of aromatic nitrogens is 3. The van der Waals surface area contributed by atoms with Crippen molar-refractivity contribution >= 4 is 29.2 Å². The molecular formula is C31H38N6O3. The number of carbonyl (C=O) groups is 2. The van der Waals surface area contributed by atoms with E-state index in [0.717, 1.165) is 73.8 Å². The number of ketones is 1. The summed E-state index contributed by atoms with van der Waals surface area (Å²) in [5.74, 6) is 1.07. The highest BCUT2D eigenvalue weighted by molar-refractivity contribution is 5.85. The summed E-state index contributed by atoms with van der Waals surface area (Å²) in [6.45, 7) is 4.91. The van der Waals surface area contributed by atoms with E-state index in [9.17, 15) is 14.7 Å². The summed E-state index contributed by atoms with van der Waals surface area (Å²) < 4.78 is 0. The molecule has 2 aromatic heterocycles. The van der Waals surface area contributed by atoms with E-state index in [1.54, 1.807) is 0 Å². The Hall–Kier alpha value is -4.01. The molecular weight excluding hydrogens is 504 g/mol. The van der Waals surface area contributed by atoms with Crippen LogP contribution in [0, 0.1) is 5.92 Å². The van der Waals surface area contributed by atoms with Crippen molar-refractivity contribution in [2.45, 2.75) is 57.8 Å². The van der Waals surface area contributed by atoms with Gasteiger partial charge in [-0.1, -0.05) is 43.3 Å². The molecule has 5 rings (SSSR count). The number of hydrogen-bond acceptors (Lipinski definition) is 8. The van der Waals surface area contributed by atoms with Gasteiger partial charge >= 0.3 is 5.97 Å². The largest absolute Gasteiger partial charge is 0.481 e. The molecule has 1 aromatic carbocycles. The van der Waals surface area contributed by atoms with Crippen LogP contribution in [0.2, 0.25) is 0 Å². The molecule has 1 fully saturated rings. The summed E-state index contributed by atoms with van der Waals surface area (Å²) in [5, 5.41) is 16.5. The monoisotopic (exact) mass is 542 g/mol. The molecule has 3 aromatic rings. The maximum atomic E-state index is 12.6. The van der Waals surface area contributed by atoms with E-state index >= 15 is 0 Å². The van der Waals surface area contributed by atoms with E-state index in [0.29, 0.717) is 18.2 Å². The average molecular weight is 543 g/mol. The fraction of sp³-hybridized carbons (Fsp3) is 0.452. The van der Waals surface area contributed by atoms with Crippen LogP contribution in [-0.4, -0.2) is 58.0 Å². The second kappa shape index (κ2) is 12.9. The van der Waals surface area contributed by atoms with Gasteiger partial charge in [0.1, 0.15) is 29.6 Å². The predicted octanol–water partition coefficient (Wildman–Crippen LogP) is 4.49. The highest BCUT2D eigenvalue weighted by Gasteiger charge is 2.27. The van der Waals surface area contributed by atoms with Gasteiger partial charge in [0.15, 0.2) is 0 Å². The Bertz CT molecular complexity index is 1320. The number of Topliss-reactive ketones (excluding diaryl/α,β-unsaturated/α-hetero) is 1. The quantitative estimate of drug-likeness (QED) is 0.322. The number of piperidine rings is 1. The second-order valence-electron chi connectivity index (χ2n) is 10.7. The summed E-state index contributed by atoms with van der Waals surface area (Å²) in [7, 11) is 0. The van der Waals surface area contributed by atoms with Crippen LogP contribution in [0.5, 0.6) is 0 Å². The lowest BCUT2D eigenvalue weighted by Gasteiger charge is -2.34. The number of benzene rings is 1. The zero-order valence-electron chi connectivity index (χ0n) is 23.1. The Balaban J connectivity index is 1.21. The number of carboxylic acids is 1. The number of hydrogen-bond donors (Lipinski definition) is 3. The number of pyridine rings is 1. The Morgan fingerprint density at radius 3 is 2.67 bits per heavy atom. The minimum Gasteiger partial charge on any atom is -0.481 e. The maximum Gasteiger partial charge on any atom is 0.308 e. The molecule has 0 radical (unpaired) electrons. The van der Waals surface area contributed by atoms with Crippen molar-refractivity contribution in [1.29, 1.82) is 0 Å². The van der Waals surface area contributed by atoms with Crippen molar-refractivity contribution in [3.8, 4) is 0 Å². The van der Waals surface area contributed by atoms with Crippen molar-refractivity contribution in [2.24, 2.45) is 5.92 Å². The van der Waals surface area contributed by atoms with Gasteiger partial charge in [-0.05, 0) is 49.3 Å². The highest BCUT2D eigenvalue weighted by atomic mass is 16.4. The minimum atomic E-state index is -0.991. The molecule has 1 atom stereocenters. The number of aliphatic carboxylic acids is 1. The van der Waals surface area contributed by atoms with E-state index in [1.807, 2.05) is 30.3 Å². The fourth-order valence-electron chi connectivity index (χ4n) is 5.75. The SMILES string of the molecule is CCc1c(NC[C@H](CC(=O)Cc2ccccc2)C(=O)O)ncnc1N1CCC(c2ccc3c(n2)NCCC3)CC1. The van der Waals surface area contributed by atoms with E-state index < -0.39 is 11.9 Å². The molecule has 2 aliphatic heterocycles. The van der Waals surface area contributed by atoms with Crippen molar-refractivity contribution in [2.75, 3.05) is 41.7 Å². The second-order valence-corrected chi connectivity index (χ2v) is 10.7. The van der Waals surface area contributed by atoms with Gasteiger partial charge < -0.3 is 20.6 Å². The molecule has 3 N–H and O–H groups in total. The summed E-state index contributed by atoms with van der Waals surface area (Å²) in [5.41, 5.74) is 4.33. The molecule has 1 saturated heterocycles. The molecule has 210 valence electrons. The number of nitrogens with zero attached hydrogens (tertiary/aromatic N) is 4. The Morgan fingerprint density at radius 1 is 1.12 bits per heavy atom. The predicted molar refractivity (Wildman–Crippen MR) is 156 cm³/mol. The van der Waals surface area contributed by atoms with E-state index in [-0.39, 0.29) is 25.2 Å². The van der Waals surface area contributed by atoms with Gasteiger partial charge in [0.2, 0.25) is 0 Å². The number of anilines is 3. The molecule has 0 unspecified atom stereocenters. The van der Waals surface area contributed by atoms with E-state index in [1.165, 1.54) is 11.9 Å². The lowest BCUT2D eigenvalue weighted by Crippen LogP contribution is -2.35. The van der Waals surface area contributed by atoms with Gasteiger partial charge in [-0.3, -0.25) is 9.59 Å². The third-order valence-corrected chi connectivity index (χ3v) is 7.99. The lowest BCUT2D eigenvalue weighted by molar-refractivity contribution is -0.143. The normalized spacial score (nSPS) is 16.1. The zero-order valence-corrected chi connectivity index (χ0v) is 23.1. The fourth-order valence-corrected chi connectivity index (χ4v) is 5.75. The number of rotatable bonds is 11. The molecule has 0 bridgehead atoms. The van der Waals surface area contributed by atoms with Crippen LogP contribution >= 0.6 is 0 Å². The third-order valence-electron chi connectivity index (χ3n) is 7.99. The van der Waals surface area contributed by atoms with E-state index in [2.05, 4.69) is 44.6 Å². The van der Waals surface area contributed by atoms with Gasteiger partial charge in [-0.2, -0.15) is 0 Å². The van der Waals surface area contributed by atoms with Crippen LogP contribution in [0.1, 0.15) is 60.9 Å². The van der Waals surface area contributed by atoms with Crippen molar-refractivity contribution in [3.63, 3.8) is 0 Å². The minimum absolute atomic E-state index is 0.0314. The third kappa shape index (κ3) is 6.58. The molecule has 0 saturated carbocycles. The van der Waals surface area contributed by atoms with Crippen LogP contribution in [0.3, 0.4) is 0 Å². The first-order valence-electron chi connectivity index (χ1n) is 14.4. The van der Waals surface area contributed by atoms with Gasteiger partial charge in [-0.15, -0.1) is 0 Å². The van der Waals surface area contributed by atoms with Gasteiger partial charge in [0.25, 0.3) is 0 Å². The van der Waals surface area contributed by atoms with Crippen molar-refractivity contribution < 1.29 is 14.7 Å². The van der Waals surface area contributed by atoms with Crippen LogP contribution in [0.4, 0.5) is 17.5 Å². The number of carboxylic acid groups (broad SMARTS) is 1. The first-order valence-corrected chi connectivity index (χ1v) is 14.4. The molecule has 0 amide bonds. The first-order chi connectivity index (χ1) is 19.5. The van der Waals surface area contributed by atoms with Crippen LogP contribution < -0.4 is 15.5 Å². The summed E-state index contributed by atoms with van der Waals surface area (Å²) >= 11 is 0. The average Bonchev–Trinajstić information content (AvgIpc) is 2.99. The van der Waals surface area contributed by atoms with Gasteiger partial charge in [0.05, 0.1) is 5.92 Å². The molecule has 40 heavy (non-hydrogen) atoms. The molecule has 0 spiro atoms. The zero-order chi connectivity index (χ0) is 27.9. The number of carbonyl (C=O) groups excluding carboxylic acids is 1.